The van der Waals surface area contributed by atoms with E-state index in [1.165, 1.54) is 0 Å². The number of piperidine rings is 1. The van der Waals surface area contributed by atoms with Crippen LogP contribution in [0.5, 0.6) is 0 Å². The molecule has 3 heterocycles. The van der Waals surface area contributed by atoms with Crippen LogP contribution in [0.4, 0.5) is 14.5 Å². The first kappa shape index (κ1) is 43.1. The van der Waals surface area contributed by atoms with Gasteiger partial charge < -0.3 is 25.1 Å². The predicted octanol–water partition coefficient (Wildman–Crippen LogP) is 7.51. The van der Waals surface area contributed by atoms with Crippen molar-refractivity contribution < 1.29 is 42.2 Å². The van der Waals surface area contributed by atoms with Crippen molar-refractivity contribution in [1.82, 2.24) is 14.8 Å². The van der Waals surface area contributed by atoms with Gasteiger partial charge in [0.1, 0.15) is 6.04 Å². The lowest BCUT2D eigenvalue weighted by Crippen LogP contribution is -2.54. The van der Waals surface area contributed by atoms with Crippen LogP contribution in [0.15, 0.2) is 66.9 Å². The van der Waals surface area contributed by atoms with E-state index >= 15 is 0 Å². The minimum atomic E-state index is -2.65. The molecule has 4 N–H and O–H groups in total. The summed E-state index contributed by atoms with van der Waals surface area (Å²) in [6.45, 7) is 1.95. The van der Waals surface area contributed by atoms with Crippen LogP contribution in [0.1, 0.15) is 114 Å². The molecule has 2 atom stereocenters. The molecular weight excluding hydrogens is 793 g/mol. The Morgan fingerprint density at radius 2 is 1.62 bits per heavy atom. The number of rotatable bonds is 18. The van der Waals surface area contributed by atoms with Gasteiger partial charge in [0.25, 0.3) is 11.8 Å². The number of fused-ring (bicyclic) bond motifs is 2. The lowest BCUT2D eigenvalue weighted by atomic mass is 9.92. The standard InChI is InChI=1S/C45H51F2N5O7S/c46-45(47)19-17-32(18-20-45)51-27-35(29-9-3-10-30(25-29)41(48)60)33-14-13-31(26-37(33)51)49-38(53)12-5-22-59-24-6-23-58-21-2-1-7-28-8-4-11-34-40(28)44(57)52(43(34)56)36-15-16-39(54)50-42(36)55/h3-4,8-11,13-14,25-27,32,36,41,60H,1-2,5-7,12,15-24,48H2,(H,49,53)(H,50,54,55). The molecule has 60 heavy (non-hydrogen) atoms. The largest absolute Gasteiger partial charge is 0.381 e. The number of amides is 5. The monoisotopic (exact) mass is 843 g/mol. The Balaban J connectivity index is 0.810. The first-order valence-electron chi connectivity index (χ1n) is 20.8. The third kappa shape index (κ3) is 9.97. The van der Waals surface area contributed by atoms with Gasteiger partial charge in [0.2, 0.25) is 23.6 Å². The number of nitrogens with one attached hydrogen (secondary N) is 2. The smallest absolute Gasteiger partial charge is 0.262 e. The van der Waals surface area contributed by atoms with Gasteiger partial charge in [0.15, 0.2) is 0 Å². The first-order chi connectivity index (χ1) is 28.9. The zero-order chi connectivity index (χ0) is 42.4. The van der Waals surface area contributed by atoms with Crippen molar-refractivity contribution in [3.63, 3.8) is 0 Å². The van der Waals surface area contributed by atoms with Gasteiger partial charge >= 0.3 is 0 Å². The topological polar surface area (TPSA) is 162 Å². The number of halogens is 2. The summed E-state index contributed by atoms with van der Waals surface area (Å²) in [7, 11) is 0. The fourth-order valence-electron chi connectivity index (χ4n) is 8.39. The Bertz CT molecular complexity index is 2250. The average Bonchev–Trinajstić information content (AvgIpc) is 3.72. The quantitative estimate of drug-likeness (QED) is 0.0347. The number of alkyl halides is 2. The summed E-state index contributed by atoms with van der Waals surface area (Å²) in [5.41, 5.74) is 11.7. The van der Waals surface area contributed by atoms with Crippen LogP contribution in [0.25, 0.3) is 22.0 Å². The summed E-state index contributed by atoms with van der Waals surface area (Å²) in [5.74, 6) is -4.84. The molecule has 2 fully saturated rings. The van der Waals surface area contributed by atoms with Gasteiger partial charge in [-0.3, -0.25) is 34.2 Å². The highest BCUT2D eigenvalue weighted by atomic mass is 32.1. The maximum absolute atomic E-state index is 14.1. The normalized spacial score (nSPS) is 18.5. The number of aromatic nitrogens is 1. The summed E-state index contributed by atoms with van der Waals surface area (Å²) in [4.78, 5) is 64.2. The second kappa shape index (κ2) is 19.2. The lowest BCUT2D eigenvalue weighted by Gasteiger charge is -2.29. The van der Waals surface area contributed by atoms with E-state index in [4.69, 9.17) is 15.2 Å². The Morgan fingerprint density at radius 3 is 2.37 bits per heavy atom. The van der Waals surface area contributed by atoms with Crippen molar-refractivity contribution in [2.75, 3.05) is 31.7 Å². The molecule has 2 aliphatic heterocycles. The van der Waals surface area contributed by atoms with Gasteiger partial charge in [-0.25, -0.2) is 8.78 Å². The summed E-state index contributed by atoms with van der Waals surface area (Å²) in [6, 6.07) is 17.7. The van der Waals surface area contributed by atoms with Crippen LogP contribution in [-0.4, -0.2) is 77.4 Å². The molecule has 3 aromatic carbocycles. The van der Waals surface area contributed by atoms with Crippen LogP contribution in [0.2, 0.25) is 0 Å². The van der Waals surface area contributed by atoms with E-state index in [2.05, 4.69) is 27.8 Å². The molecule has 0 spiro atoms. The van der Waals surface area contributed by atoms with Crippen LogP contribution in [0.3, 0.4) is 0 Å². The Hall–Kier alpha value is -4.96. The number of carbonyl (C=O) groups is 5. The number of nitrogens with zero attached hydrogens (tertiary/aromatic N) is 2. The number of carbonyl (C=O) groups excluding carboxylic acids is 5. The number of unbranched alkanes of at least 4 members (excludes halogenated alkanes) is 1. The fraction of sp³-hybridized carbons (Fsp3) is 0.444. The van der Waals surface area contributed by atoms with Gasteiger partial charge in [-0.1, -0.05) is 36.4 Å². The van der Waals surface area contributed by atoms with Crippen LogP contribution >= 0.6 is 12.6 Å². The minimum absolute atomic E-state index is 0.0723. The molecule has 3 aliphatic rings. The minimum Gasteiger partial charge on any atom is -0.381 e. The molecule has 0 radical (unpaired) electrons. The second-order valence-electron chi connectivity index (χ2n) is 15.8. The van der Waals surface area contributed by atoms with Gasteiger partial charge in [-0.05, 0) is 92.3 Å². The third-order valence-corrected chi connectivity index (χ3v) is 11.8. The number of anilines is 1. The maximum Gasteiger partial charge on any atom is 0.262 e. The van der Waals surface area contributed by atoms with Crippen molar-refractivity contribution in [2.24, 2.45) is 5.73 Å². The molecule has 2 unspecified atom stereocenters. The average molecular weight is 844 g/mol. The highest BCUT2D eigenvalue weighted by Gasteiger charge is 2.45. The van der Waals surface area contributed by atoms with E-state index in [1.54, 1.807) is 12.1 Å². The molecule has 318 valence electrons. The summed E-state index contributed by atoms with van der Waals surface area (Å²) < 4.78 is 41.8. The first-order valence-corrected chi connectivity index (χ1v) is 21.3. The zero-order valence-corrected chi connectivity index (χ0v) is 34.3. The van der Waals surface area contributed by atoms with E-state index in [0.717, 1.165) is 50.9 Å². The molecule has 1 saturated carbocycles. The molecule has 1 aliphatic carbocycles. The SMILES string of the molecule is NC(S)c1cccc(-c2cn(C3CCC(F)(F)CC3)c3cc(NC(=O)CCCOCCCOCCCCc4cccc5c4C(=O)N(C4CCC(=O)NC4=O)C5=O)ccc23)c1. The molecule has 12 nitrogen and oxygen atoms in total. The molecule has 5 amide bonds. The summed E-state index contributed by atoms with van der Waals surface area (Å²) >= 11 is 4.39. The van der Waals surface area contributed by atoms with Crippen LogP contribution in [-0.2, 0) is 30.3 Å². The number of ether oxygens (including phenoxy) is 2. The van der Waals surface area contributed by atoms with Crippen molar-refractivity contribution in [1.29, 1.82) is 0 Å². The zero-order valence-electron chi connectivity index (χ0n) is 33.4. The van der Waals surface area contributed by atoms with Gasteiger partial charge in [0, 0.05) is 81.0 Å². The maximum atomic E-state index is 14.1. The number of benzene rings is 3. The van der Waals surface area contributed by atoms with Crippen molar-refractivity contribution in [3.05, 3.63) is 89.1 Å². The molecule has 15 heteroatoms. The number of hydrogen-bond donors (Lipinski definition) is 4. The van der Waals surface area contributed by atoms with Crippen molar-refractivity contribution >= 4 is 58.8 Å². The molecule has 4 aromatic rings. The van der Waals surface area contributed by atoms with Gasteiger partial charge in [-0.15, -0.1) is 0 Å². The highest BCUT2D eigenvalue weighted by molar-refractivity contribution is 7.80. The third-order valence-electron chi connectivity index (χ3n) is 11.5. The molecule has 1 saturated heterocycles. The van der Waals surface area contributed by atoms with E-state index in [-0.39, 0.29) is 49.6 Å². The van der Waals surface area contributed by atoms with Crippen LogP contribution < -0.4 is 16.4 Å². The second-order valence-corrected chi connectivity index (χ2v) is 16.4. The molecular formula is C45H51F2N5O7S. The van der Waals surface area contributed by atoms with Gasteiger partial charge in [0.05, 0.1) is 22.0 Å². The predicted molar refractivity (Wildman–Crippen MR) is 226 cm³/mol. The number of nitrogens with two attached hydrogens (primary N) is 1. The van der Waals surface area contributed by atoms with E-state index in [9.17, 15) is 32.8 Å². The van der Waals surface area contributed by atoms with Gasteiger partial charge in [-0.2, -0.15) is 12.6 Å². The Morgan fingerprint density at radius 1 is 0.883 bits per heavy atom. The Labute approximate surface area is 352 Å². The molecule has 0 bridgehead atoms. The van der Waals surface area contributed by atoms with E-state index in [1.807, 2.05) is 54.7 Å². The number of thiol groups is 1. The van der Waals surface area contributed by atoms with Crippen molar-refractivity contribution in [3.8, 4) is 11.1 Å². The van der Waals surface area contributed by atoms with E-state index in [0.29, 0.717) is 69.8 Å². The Kier molecular flexibility index (Phi) is 13.8. The molecule has 7 rings (SSSR count). The van der Waals surface area contributed by atoms with Crippen molar-refractivity contribution in [2.45, 2.75) is 100 Å². The lowest BCUT2D eigenvalue weighted by molar-refractivity contribution is -0.136. The number of hydrogen-bond acceptors (Lipinski definition) is 9. The number of aryl methyl sites for hydroxylation is 1. The van der Waals surface area contributed by atoms with E-state index < -0.39 is 41.0 Å². The summed E-state index contributed by atoms with van der Waals surface area (Å²) in [6.07, 6.45) is 6.19. The highest BCUT2D eigenvalue weighted by Crippen LogP contribution is 2.42. The molecule has 1 aromatic heterocycles. The number of imide groups is 2. The van der Waals surface area contributed by atoms with Crippen LogP contribution in [0, 0.1) is 0 Å². The fourth-order valence-corrected chi connectivity index (χ4v) is 8.55. The summed E-state index contributed by atoms with van der Waals surface area (Å²) in [5, 5.41) is 5.74.